The number of nitrogens with zero attached hydrogens (tertiary/aromatic N) is 2. The van der Waals surface area contributed by atoms with Crippen LogP contribution in [0.4, 0.5) is 5.82 Å². The van der Waals surface area contributed by atoms with Gasteiger partial charge in [0.25, 0.3) is 5.91 Å². The Morgan fingerprint density at radius 1 is 1.25 bits per heavy atom. The molecule has 0 unspecified atom stereocenters. The first-order chi connectivity index (χ1) is 15.1. The van der Waals surface area contributed by atoms with E-state index in [2.05, 4.69) is 15.3 Å². The van der Waals surface area contributed by atoms with Crippen LogP contribution in [0.3, 0.4) is 0 Å². The van der Waals surface area contributed by atoms with Gasteiger partial charge in [0, 0.05) is 31.6 Å². The van der Waals surface area contributed by atoms with Gasteiger partial charge in [0.05, 0.1) is 33.9 Å². The van der Waals surface area contributed by atoms with Gasteiger partial charge >= 0.3 is 5.97 Å². The van der Waals surface area contributed by atoms with Crippen molar-refractivity contribution in [3.63, 3.8) is 0 Å². The summed E-state index contributed by atoms with van der Waals surface area (Å²) < 4.78 is 11.0. The quantitative estimate of drug-likeness (QED) is 0.605. The van der Waals surface area contributed by atoms with Crippen LogP contribution in [0.5, 0.6) is 0 Å². The Morgan fingerprint density at radius 2 is 1.97 bits per heavy atom. The van der Waals surface area contributed by atoms with E-state index >= 15 is 0 Å². The molecule has 3 heterocycles. The van der Waals surface area contributed by atoms with E-state index in [0.717, 1.165) is 5.69 Å². The summed E-state index contributed by atoms with van der Waals surface area (Å²) in [5, 5.41) is 3.54. The predicted octanol–water partition coefficient (Wildman–Crippen LogP) is 3.92. The number of H-pyrrole nitrogens is 1. The number of methoxy groups -OCH3 is 1. The number of nitrogens with one attached hydrogen (secondary N) is 2. The fourth-order valence-corrected chi connectivity index (χ4v) is 4.13. The first kappa shape index (κ1) is 24.4. The van der Waals surface area contributed by atoms with Crippen molar-refractivity contribution >= 4 is 40.9 Å². The summed E-state index contributed by atoms with van der Waals surface area (Å²) in [6.45, 7) is 8.33. The number of piperidine rings is 1. The van der Waals surface area contributed by atoms with Gasteiger partial charge in [-0.1, -0.05) is 23.2 Å². The molecule has 1 aliphatic heterocycles. The summed E-state index contributed by atoms with van der Waals surface area (Å²) in [4.78, 5) is 34.7. The number of pyridine rings is 1. The molecule has 0 aromatic carbocycles. The molecule has 0 spiro atoms. The summed E-state index contributed by atoms with van der Waals surface area (Å²) in [5.41, 5.74) is 2.05. The number of rotatable bonds is 6. The molecular formula is C22H28Cl2N4O4. The Bertz CT molecular complexity index is 1010. The van der Waals surface area contributed by atoms with Crippen LogP contribution in [0, 0.1) is 13.8 Å². The van der Waals surface area contributed by atoms with Gasteiger partial charge in [-0.25, -0.2) is 9.78 Å². The smallest absolute Gasteiger partial charge is 0.338 e. The summed E-state index contributed by atoms with van der Waals surface area (Å²) in [6, 6.07) is 3.21. The maximum Gasteiger partial charge on any atom is 0.338 e. The lowest BCUT2D eigenvalue weighted by molar-refractivity contribution is 0.0377. The zero-order valence-corrected chi connectivity index (χ0v) is 20.3. The first-order valence-corrected chi connectivity index (χ1v) is 11.2. The van der Waals surface area contributed by atoms with E-state index in [1.165, 1.54) is 0 Å². The van der Waals surface area contributed by atoms with Gasteiger partial charge in [-0.15, -0.1) is 0 Å². The number of anilines is 1. The molecule has 2 N–H and O–H groups in total. The molecule has 0 bridgehead atoms. The highest BCUT2D eigenvalue weighted by molar-refractivity contribution is 6.44. The zero-order chi connectivity index (χ0) is 23.6. The van der Waals surface area contributed by atoms with Crippen LogP contribution in [0.25, 0.3) is 0 Å². The number of hydrogen-bond acceptors (Lipinski definition) is 6. The average Bonchev–Trinajstić information content (AvgIpc) is 3.00. The molecule has 0 aliphatic carbocycles. The number of hydrogen-bond donors (Lipinski definition) is 2. The monoisotopic (exact) mass is 482 g/mol. The first-order valence-electron chi connectivity index (χ1n) is 10.4. The predicted molar refractivity (Wildman–Crippen MR) is 124 cm³/mol. The molecule has 2 aromatic heterocycles. The Kier molecular flexibility index (Phi) is 7.69. The van der Waals surface area contributed by atoms with Crippen LogP contribution < -0.4 is 10.2 Å². The fourth-order valence-electron chi connectivity index (χ4n) is 3.71. The lowest BCUT2D eigenvalue weighted by Crippen LogP contribution is -2.55. The third-order valence-corrected chi connectivity index (χ3v) is 6.25. The number of aromatic amines is 1. The molecule has 1 fully saturated rings. The van der Waals surface area contributed by atoms with Crippen molar-refractivity contribution in [2.24, 2.45) is 0 Å². The number of aryl methyl sites for hydroxylation is 2. The van der Waals surface area contributed by atoms with Gasteiger partial charge in [0.1, 0.15) is 11.5 Å². The van der Waals surface area contributed by atoms with Gasteiger partial charge in [-0.3, -0.25) is 4.79 Å². The minimum Gasteiger partial charge on any atom is -0.459 e. The van der Waals surface area contributed by atoms with Crippen molar-refractivity contribution in [1.82, 2.24) is 15.3 Å². The number of aromatic nitrogens is 2. The van der Waals surface area contributed by atoms with Crippen LogP contribution in [-0.4, -0.2) is 60.3 Å². The van der Waals surface area contributed by atoms with E-state index < -0.39 is 0 Å². The molecule has 8 nitrogen and oxygen atoms in total. The highest BCUT2D eigenvalue weighted by Crippen LogP contribution is 2.29. The van der Waals surface area contributed by atoms with Crippen LogP contribution in [-0.2, 0) is 9.47 Å². The number of amides is 1. The number of carbonyl (C=O) groups is 2. The maximum absolute atomic E-state index is 12.7. The lowest BCUT2D eigenvalue weighted by Gasteiger charge is -2.38. The molecule has 0 saturated carbocycles. The molecule has 1 amide bonds. The Labute approximate surface area is 197 Å². The van der Waals surface area contributed by atoms with E-state index in [9.17, 15) is 9.59 Å². The van der Waals surface area contributed by atoms with Gasteiger partial charge < -0.3 is 24.7 Å². The lowest BCUT2D eigenvalue weighted by atomic mass is 10.0. The molecule has 2 aromatic rings. The molecule has 3 rings (SSSR count). The Balaban J connectivity index is 1.73. The molecule has 10 heteroatoms. The van der Waals surface area contributed by atoms with E-state index in [1.807, 2.05) is 25.7 Å². The van der Waals surface area contributed by atoms with E-state index in [1.54, 1.807) is 26.2 Å². The summed E-state index contributed by atoms with van der Waals surface area (Å²) >= 11 is 12.3. The van der Waals surface area contributed by atoms with Gasteiger partial charge in [0.2, 0.25) is 0 Å². The molecule has 0 radical (unpaired) electrons. The van der Waals surface area contributed by atoms with Gasteiger partial charge in [-0.2, -0.15) is 0 Å². The van der Waals surface area contributed by atoms with E-state index in [4.69, 9.17) is 32.7 Å². The summed E-state index contributed by atoms with van der Waals surface area (Å²) in [6.07, 6.45) is 0.131. The zero-order valence-electron chi connectivity index (χ0n) is 18.8. The van der Waals surface area contributed by atoms with Crippen molar-refractivity contribution < 1.29 is 19.1 Å². The van der Waals surface area contributed by atoms with Crippen molar-refractivity contribution in [1.29, 1.82) is 0 Å². The number of carbonyl (C=O) groups excluding carboxylic acids is 2. The Hall–Kier alpha value is -2.29. The second kappa shape index (κ2) is 10.1. The van der Waals surface area contributed by atoms with Crippen molar-refractivity contribution in [2.75, 3.05) is 25.1 Å². The van der Waals surface area contributed by atoms with Gasteiger partial charge in [0.15, 0.2) is 0 Å². The molecule has 174 valence electrons. The standard InChI is InChI=1S/C22H28Cl2N4O4/c1-11(2)32-22(30)14-8-12(3)25-17(9-14)28-7-6-15(16(10-28)31-5)27-21(29)20-19(24)18(23)13(4)26-20/h8-9,11,15-16,26H,6-7,10H2,1-5H3,(H,27,29)/t15-,16+/m1/s1. The minimum atomic E-state index is -0.381. The van der Waals surface area contributed by atoms with E-state index in [-0.39, 0.29) is 40.8 Å². The summed E-state index contributed by atoms with van der Waals surface area (Å²) in [7, 11) is 1.60. The normalized spacial score (nSPS) is 18.7. The van der Waals surface area contributed by atoms with Crippen LogP contribution in [0.2, 0.25) is 10.0 Å². The third kappa shape index (κ3) is 5.36. The average molecular weight is 483 g/mol. The topological polar surface area (TPSA) is 96.5 Å². The number of halogens is 2. The Morgan fingerprint density at radius 3 is 2.56 bits per heavy atom. The molecule has 1 saturated heterocycles. The third-order valence-electron chi connectivity index (χ3n) is 5.30. The molecule has 2 atom stereocenters. The van der Waals surface area contributed by atoms with Crippen LogP contribution in [0.15, 0.2) is 12.1 Å². The molecule has 1 aliphatic rings. The van der Waals surface area contributed by atoms with E-state index in [0.29, 0.717) is 41.6 Å². The van der Waals surface area contributed by atoms with Crippen molar-refractivity contribution in [2.45, 2.75) is 52.4 Å². The van der Waals surface area contributed by atoms with Crippen molar-refractivity contribution in [3.8, 4) is 0 Å². The van der Waals surface area contributed by atoms with Gasteiger partial charge in [-0.05, 0) is 46.2 Å². The van der Waals surface area contributed by atoms with Crippen molar-refractivity contribution in [3.05, 3.63) is 44.8 Å². The summed E-state index contributed by atoms with van der Waals surface area (Å²) in [5.74, 6) is -0.0470. The minimum absolute atomic E-state index is 0.205. The maximum atomic E-state index is 12.7. The van der Waals surface area contributed by atoms with Crippen LogP contribution >= 0.6 is 23.2 Å². The highest BCUT2D eigenvalue weighted by Gasteiger charge is 2.32. The van der Waals surface area contributed by atoms with Crippen LogP contribution in [0.1, 0.15) is 52.5 Å². The number of esters is 1. The molecular weight excluding hydrogens is 455 g/mol. The molecule has 32 heavy (non-hydrogen) atoms. The second-order valence-corrected chi connectivity index (χ2v) is 8.91. The fraction of sp³-hybridized carbons (Fsp3) is 0.500. The second-order valence-electron chi connectivity index (χ2n) is 8.15. The highest BCUT2D eigenvalue weighted by atomic mass is 35.5. The number of ether oxygens (including phenoxy) is 2. The largest absolute Gasteiger partial charge is 0.459 e. The SMILES string of the molecule is CO[C@H]1CN(c2cc(C(=O)OC(C)C)cc(C)n2)CC[C@H]1NC(=O)c1[nH]c(C)c(Cl)c1Cl.